The second kappa shape index (κ2) is 13.3. The molecule has 32 heavy (non-hydrogen) atoms. The van der Waals surface area contributed by atoms with Crippen molar-refractivity contribution in [2.24, 2.45) is 11.5 Å². The molecule has 0 saturated heterocycles. The summed E-state index contributed by atoms with van der Waals surface area (Å²) in [6.07, 6.45) is -0.603. The molecule has 12 nitrogen and oxygen atoms in total. The fourth-order valence-corrected chi connectivity index (χ4v) is 2.81. The molecule has 0 aliphatic carbocycles. The number of rotatable bonds is 13. The lowest BCUT2D eigenvalue weighted by atomic mass is 10.0. The number of carbonyl (C=O) groups excluding carboxylic acids is 4. The van der Waals surface area contributed by atoms with Crippen LogP contribution < -0.4 is 27.4 Å². The minimum Gasteiger partial charge on any atom is -0.480 e. The van der Waals surface area contributed by atoms with E-state index in [-0.39, 0.29) is 12.2 Å². The highest BCUT2D eigenvalue weighted by molar-refractivity contribution is 7.80. The molecule has 176 valence electrons. The van der Waals surface area contributed by atoms with E-state index >= 15 is 0 Å². The molecule has 0 aromatic heterocycles. The van der Waals surface area contributed by atoms with Gasteiger partial charge in [0.2, 0.25) is 23.6 Å². The van der Waals surface area contributed by atoms with Crippen LogP contribution in [0.4, 0.5) is 0 Å². The molecule has 0 fully saturated rings. The van der Waals surface area contributed by atoms with Gasteiger partial charge >= 0.3 is 5.97 Å². The summed E-state index contributed by atoms with van der Waals surface area (Å²) in [5, 5.41) is 25.0. The van der Waals surface area contributed by atoms with Crippen molar-refractivity contribution in [1.82, 2.24) is 16.0 Å². The molecule has 9 N–H and O–H groups in total. The van der Waals surface area contributed by atoms with Gasteiger partial charge in [-0.3, -0.25) is 19.2 Å². The minimum absolute atomic E-state index is 0.00979. The number of aliphatic carboxylic acids is 1. The number of hydrogen-bond acceptors (Lipinski definition) is 8. The van der Waals surface area contributed by atoms with Gasteiger partial charge in [-0.15, -0.1) is 0 Å². The van der Waals surface area contributed by atoms with Crippen LogP contribution in [-0.2, 0) is 30.4 Å². The average Bonchev–Trinajstić information content (AvgIpc) is 2.75. The summed E-state index contributed by atoms with van der Waals surface area (Å²) in [4.78, 5) is 60.0. The highest BCUT2D eigenvalue weighted by atomic mass is 32.1. The maximum Gasteiger partial charge on any atom is 0.327 e. The van der Waals surface area contributed by atoms with Gasteiger partial charge in [-0.25, -0.2) is 4.79 Å². The van der Waals surface area contributed by atoms with Crippen molar-refractivity contribution < 1.29 is 34.2 Å². The summed E-state index contributed by atoms with van der Waals surface area (Å²) in [6, 6.07) is 3.25. The minimum atomic E-state index is -1.50. The van der Waals surface area contributed by atoms with E-state index in [2.05, 4.69) is 28.6 Å². The number of benzene rings is 1. The van der Waals surface area contributed by atoms with E-state index < -0.39 is 66.8 Å². The standard InChI is InChI=1S/C19H27N5O7S/c20-11(8-25)16(27)22-12(6-10-4-2-1-3-5-10)17(28)23-13(7-15(21)26)18(29)24-14(9-32)19(30)31/h1-5,11-14,25,32H,6-9,20H2,(H2,21,26)(H,22,27)(H,23,28)(H,24,29)(H,30,31). The topological polar surface area (TPSA) is 214 Å². The third-order valence-corrected chi connectivity index (χ3v) is 4.65. The Kier molecular flexibility index (Phi) is 11.2. The fraction of sp³-hybridized carbons (Fsp3) is 0.421. The molecule has 0 aliphatic rings. The van der Waals surface area contributed by atoms with Crippen molar-refractivity contribution in [3.05, 3.63) is 35.9 Å². The van der Waals surface area contributed by atoms with Gasteiger partial charge in [-0.2, -0.15) is 12.6 Å². The summed E-state index contributed by atoms with van der Waals surface area (Å²) in [6.45, 7) is -0.654. The lowest BCUT2D eigenvalue weighted by molar-refractivity contribution is -0.141. The number of carboxylic acid groups (broad SMARTS) is 1. The number of carbonyl (C=O) groups is 5. The molecule has 0 saturated carbocycles. The van der Waals surface area contributed by atoms with Crippen LogP contribution in [0, 0.1) is 0 Å². The molecule has 0 aliphatic heterocycles. The predicted molar refractivity (Wildman–Crippen MR) is 116 cm³/mol. The quantitative estimate of drug-likeness (QED) is 0.138. The molecule has 0 spiro atoms. The summed E-state index contributed by atoms with van der Waals surface area (Å²) in [5.74, 6) is -5.12. The summed E-state index contributed by atoms with van der Waals surface area (Å²) in [7, 11) is 0. The normalized spacial score (nSPS) is 14.3. The van der Waals surface area contributed by atoms with E-state index in [1.54, 1.807) is 30.3 Å². The first-order chi connectivity index (χ1) is 15.1. The fourth-order valence-electron chi connectivity index (χ4n) is 2.56. The molecule has 4 atom stereocenters. The molecule has 0 heterocycles. The predicted octanol–water partition coefficient (Wildman–Crippen LogP) is -3.11. The maximum atomic E-state index is 12.9. The average molecular weight is 470 g/mol. The summed E-state index contributed by atoms with van der Waals surface area (Å²) >= 11 is 3.84. The molecule has 0 radical (unpaired) electrons. The van der Waals surface area contributed by atoms with E-state index in [1.165, 1.54) is 0 Å². The van der Waals surface area contributed by atoms with E-state index in [9.17, 15) is 24.0 Å². The zero-order valence-corrected chi connectivity index (χ0v) is 18.0. The summed E-state index contributed by atoms with van der Waals surface area (Å²) < 4.78 is 0. The van der Waals surface area contributed by atoms with Gasteiger partial charge in [0, 0.05) is 12.2 Å². The first-order valence-electron chi connectivity index (χ1n) is 9.52. The number of aliphatic hydroxyl groups excluding tert-OH is 1. The zero-order valence-electron chi connectivity index (χ0n) is 17.1. The van der Waals surface area contributed by atoms with Gasteiger partial charge in [-0.05, 0) is 5.56 Å². The number of primary amides is 1. The number of thiol groups is 1. The van der Waals surface area contributed by atoms with E-state index in [4.69, 9.17) is 21.7 Å². The third-order valence-electron chi connectivity index (χ3n) is 4.28. The number of amides is 4. The number of nitrogens with one attached hydrogen (secondary N) is 3. The Morgan fingerprint density at radius 3 is 1.94 bits per heavy atom. The second-order valence-electron chi connectivity index (χ2n) is 6.85. The van der Waals surface area contributed by atoms with Gasteiger partial charge in [0.1, 0.15) is 24.2 Å². The first kappa shape index (κ1) is 26.9. The molecule has 0 bridgehead atoms. The Morgan fingerprint density at radius 2 is 1.44 bits per heavy atom. The van der Waals surface area contributed by atoms with Crippen molar-refractivity contribution in [3.8, 4) is 0 Å². The van der Waals surface area contributed by atoms with E-state index in [0.29, 0.717) is 5.56 Å². The van der Waals surface area contributed by atoms with Crippen molar-refractivity contribution >= 4 is 42.2 Å². The Bertz CT molecular complexity index is 824. The lowest BCUT2D eigenvalue weighted by Gasteiger charge is -2.24. The molecule has 1 aromatic rings. The van der Waals surface area contributed by atoms with Gasteiger partial charge in [0.15, 0.2) is 0 Å². The van der Waals surface area contributed by atoms with Crippen molar-refractivity contribution in [1.29, 1.82) is 0 Å². The van der Waals surface area contributed by atoms with Gasteiger partial charge in [0.05, 0.1) is 13.0 Å². The number of aliphatic hydroxyl groups is 1. The molecule has 1 rings (SSSR count). The first-order valence-corrected chi connectivity index (χ1v) is 10.2. The molecule has 4 amide bonds. The lowest BCUT2D eigenvalue weighted by Crippen LogP contribution is -2.58. The number of hydrogen-bond donors (Lipinski definition) is 8. The largest absolute Gasteiger partial charge is 0.480 e. The molecular weight excluding hydrogens is 442 g/mol. The van der Waals surface area contributed by atoms with Crippen molar-refractivity contribution in [3.63, 3.8) is 0 Å². The Hall–Kier alpha value is -3.16. The van der Waals surface area contributed by atoms with Crippen LogP contribution in [0.1, 0.15) is 12.0 Å². The second-order valence-corrected chi connectivity index (χ2v) is 7.22. The van der Waals surface area contributed by atoms with Crippen LogP contribution in [0.15, 0.2) is 30.3 Å². The monoisotopic (exact) mass is 469 g/mol. The molecule has 13 heteroatoms. The van der Waals surface area contributed by atoms with Crippen LogP contribution in [0.3, 0.4) is 0 Å². The SMILES string of the molecule is NC(=O)CC(NC(=O)C(Cc1ccccc1)NC(=O)C(N)CO)C(=O)NC(CS)C(=O)O. The summed E-state index contributed by atoms with van der Waals surface area (Å²) in [5.41, 5.74) is 11.3. The highest BCUT2D eigenvalue weighted by Crippen LogP contribution is 2.05. The Morgan fingerprint density at radius 1 is 0.906 bits per heavy atom. The molecule has 4 unspecified atom stereocenters. The number of carboxylic acids is 1. The molecule has 1 aromatic carbocycles. The van der Waals surface area contributed by atoms with E-state index in [0.717, 1.165) is 0 Å². The van der Waals surface area contributed by atoms with Crippen LogP contribution >= 0.6 is 12.6 Å². The maximum absolute atomic E-state index is 12.9. The Labute approximate surface area is 189 Å². The highest BCUT2D eigenvalue weighted by Gasteiger charge is 2.31. The van der Waals surface area contributed by atoms with Gasteiger partial charge in [-0.1, -0.05) is 30.3 Å². The van der Waals surface area contributed by atoms with Crippen LogP contribution in [-0.4, -0.2) is 76.3 Å². The van der Waals surface area contributed by atoms with Gasteiger partial charge in [0.25, 0.3) is 0 Å². The smallest absolute Gasteiger partial charge is 0.327 e. The van der Waals surface area contributed by atoms with Crippen LogP contribution in [0.2, 0.25) is 0 Å². The van der Waals surface area contributed by atoms with Crippen molar-refractivity contribution in [2.75, 3.05) is 12.4 Å². The molecular formula is C19H27N5O7S. The third kappa shape index (κ3) is 8.91. The Balaban J connectivity index is 3.06. The number of nitrogens with two attached hydrogens (primary N) is 2. The van der Waals surface area contributed by atoms with E-state index in [1.807, 2.05) is 0 Å². The van der Waals surface area contributed by atoms with Crippen molar-refractivity contribution in [2.45, 2.75) is 37.0 Å². The van der Waals surface area contributed by atoms with Crippen LogP contribution in [0.5, 0.6) is 0 Å². The van der Waals surface area contributed by atoms with Crippen LogP contribution in [0.25, 0.3) is 0 Å². The zero-order chi connectivity index (χ0) is 24.3. The van der Waals surface area contributed by atoms with Gasteiger partial charge < -0.3 is 37.6 Å².